The van der Waals surface area contributed by atoms with Crippen LogP contribution >= 0.6 is 0 Å². The zero-order chi connectivity index (χ0) is 12.4. The van der Waals surface area contributed by atoms with Crippen LogP contribution in [0.4, 0.5) is 0 Å². The van der Waals surface area contributed by atoms with Crippen molar-refractivity contribution in [3.63, 3.8) is 0 Å². The molecule has 1 heterocycles. The van der Waals surface area contributed by atoms with Crippen LogP contribution < -0.4 is 0 Å². The van der Waals surface area contributed by atoms with E-state index in [-0.39, 0.29) is 5.97 Å². The second-order valence-electron chi connectivity index (χ2n) is 4.35. The Morgan fingerprint density at radius 1 is 1.35 bits per heavy atom. The van der Waals surface area contributed by atoms with Gasteiger partial charge in [-0.05, 0) is 38.0 Å². The van der Waals surface area contributed by atoms with Gasteiger partial charge >= 0.3 is 5.97 Å². The van der Waals surface area contributed by atoms with E-state index in [1.54, 1.807) is 0 Å². The second-order valence-corrected chi connectivity index (χ2v) is 4.35. The Kier molecular flexibility index (Phi) is 3.18. The molecule has 0 spiro atoms. The van der Waals surface area contributed by atoms with E-state index in [1.165, 1.54) is 23.6 Å². The highest BCUT2D eigenvalue weighted by atomic mass is 16.5. The number of H-pyrrole nitrogens is 1. The molecule has 0 unspecified atom stereocenters. The van der Waals surface area contributed by atoms with E-state index in [0.717, 1.165) is 17.6 Å². The quantitative estimate of drug-likeness (QED) is 0.825. The van der Waals surface area contributed by atoms with Crippen LogP contribution in [-0.4, -0.2) is 18.1 Å². The third kappa shape index (κ3) is 2.33. The monoisotopic (exact) mass is 231 g/mol. The summed E-state index contributed by atoms with van der Waals surface area (Å²) in [5, 5.41) is 1.21. The van der Waals surface area contributed by atoms with Crippen LogP contribution in [0.5, 0.6) is 0 Å². The minimum absolute atomic E-state index is 0.161. The third-order valence-corrected chi connectivity index (χ3v) is 3.08. The summed E-state index contributed by atoms with van der Waals surface area (Å²) in [5.41, 5.74) is 4.72. The van der Waals surface area contributed by atoms with Crippen LogP contribution in [0, 0.1) is 13.8 Å². The average molecular weight is 231 g/mol. The Hall–Kier alpha value is -1.77. The Morgan fingerprint density at radius 2 is 2.12 bits per heavy atom. The van der Waals surface area contributed by atoms with Gasteiger partial charge in [0.1, 0.15) is 0 Å². The summed E-state index contributed by atoms with van der Waals surface area (Å²) in [7, 11) is 1.43. The smallest absolute Gasteiger partial charge is 0.305 e. The molecule has 0 atom stereocenters. The number of benzene rings is 1. The number of carbonyl (C=O) groups excluding carboxylic acids is 1. The van der Waals surface area contributed by atoms with Gasteiger partial charge < -0.3 is 9.72 Å². The van der Waals surface area contributed by atoms with Gasteiger partial charge in [-0.3, -0.25) is 4.79 Å². The Bertz CT molecular complexity index is 555. The average Bonchev–Trinajstić information content (AvgIpc) is 2.61. The van der Waals surface area contributed by atoms with Gasteiger partial charge in [0.25, 0.3) is 0 Å². The van der Waals surface area contributed by atoms with Crippen molar-refractivity contribution < 1.29 is 9.53 Å². The number of aromatic nitrogens is 1. The maximum atomic E-state index is 11.2. The minimum Gasteiger partial charge on any atom is -0.469 e. The number of hydrogen-bond acceptors (Lipinski definition) is 2. The van der Waals surface area contributed by atoms with Crippen molar-refractivity contribution in [1.29, 1.82) is 0 Å². The Labute approximate surface area is 101 Å². The zero-order valence-electron chi connectivity index (χ0n) is 10.5. The summed E-state index contributed by atoms with van der Waals surface area (Å²) in [5.74, 6) is -0.161. The van der Waals surface area contributed by atoms with Gasteiger partial charge in [0, 0.05) is 23.0 Å². The molecule has 0 radical (unpaired) electrons. The van der Waals surface area contributed by atoms with Crippen molar-refractivity contribution >= 4 is 16.9 Å². The number of aromatic amines is 1. The van der Waals surface area contributed by atoms with E-state index in [4.69, 9.17) is 0 Å². The number of methoxy groups -OCH3 is 1. The predicted octanol–water partition coefficient (Wildman–Crippen LogP) is 2.89. The predicted molar refractivity (Wildman–Crippen MR) is 68.1 cm³/mol. The second kappa shape index (κ2) is 4.62. The number of carbonyl (C=O) groups is 1. The number of nitrogens with one attached hydrogen (secondary N) is 1. The molecular weight excluding hydrogens is 214 g/mol. The fourth-order valence-corrected chi connectivity index (χ4v) is 2.15. The number of hydrogen-bond donors (Lipinski definition) is 1. The highest BCUT2D eigenvalue weighted by molar-refractivity contribution is 5.85. The molecule has 3 heteroatoms. The topological polar surface area (TPSA) is 42.1 Å². The van der Waals surface area contributed by atoms with Crippen LogP contribution in [0.1, 0.15) is 23.2 Å². The van der Waals surface area contributed by atoms with Gasteiger partial charge in [-0.1, -0.05) is 11.6 Å². The first-order valence-corrected chi connectivity index (χ1v) is 5.76. The fraction of sp³-hybridized carbons (Fsp3) is 0.357. The van der Waals surface area contributed by atoms with Crippen LogP contribution in [0.15, 0.2) is 18.2 Å². The Balaban J connectivity index is 2.35. The van der Waals surface area contributed by atoms with E-state index in [1.807, 2.05) is 6.92 Å². The van der Waals surface area contributed by atoms with Crippen molar-refractivity contribution in [3.05, 3.63) is 35.0 Å². The summed E-state index contributed by atoms with van der Waals surface area (Å²) < 4.78 is 4.68. The normalized spacial score (nSPS) is 10.8. The summed E-state index contributed by atoms with van der Waals surface area (Å²) in [4.78, 5) is 14.5. The van der Waals surface area contributed by atoms with Crippen LogP contribution in [0.3, 0.4) is 0 Å². The molecule has 0 saturated heterocycles. The number of aryl methyl sites for hydroxylation is 3. The van der Waals surface area contributed by atoms with E-state index >= 15 is 0 Å². The van der Waals surface area contributed by atoms with Crippen molar-refractivity contribution in [2.24, 2.45) is 0 Å². The summed E-state index contributed by atoms with van der Waals surface area (Å²) in [6.07, 6.45) is 1.15. The lowest BCUT2D eigenvalue weighted by atomic mass is 10.0. The van der Waals surface area contributed by atoms with Gasteiger partial charge in [0.2, 0.25) is 0 Å². The van der Waals surface area contributed by atoms with Gasteiger partial charge in [-0.2, -0.15) is 0 Å². The Morgan fingerprint density at radius 3 is 2.82 bits per heavy atom. The van der Waals surface area contributed by atoms with Crippen molar-refractivity contribution in [3.8, 4) is 0 Å². The first-order valence-electron chi connectivity index (χ1n) is 5.76. The molecule has 0 aliphatic heterocycles. The van der Waals surface area contributed by atoms with Crippen LogP contribution in [0.25, 0.3) is 10.9 Å². The zero-order valence-corrected chi connectivity index (χ0v) is 10.5. The van der Waals surface area contributed by atoms with Crippen LogP contribution in [-0.2, 0) is 16.0 Å². The van der Waals surface area contributed by atoms with Crippen molar-refractivity contribution in [1.82, 2.24) is 4.98 Å². The first-order chi connectivity index (χ1) is 8.11. The lowest BCUT2D eigenvalue weighted by molar-refractivity contribution is -0.140. The molecule has 0 aliphatic rings. The first kappa shape index (κ1) is 11.7. The standard InChI is InChI=1S/C14H17NO2/c1-9-4-6-13-12(8-9)11(10(2)15-13)5-7-14(16)17-3/h4,6,8,15H,5,7H2,1-3H3. The lowest BCUT2D eigenvalue weighted by Crippen LogP contribution is -2.02. The lowest BCUT2D eigenvalue weighted by Gasteiger charge is -2.01. The molecule has 2 aromatic rings. The number of esters is 1. The summed E-state index contributed by atoms with van der Waals surface area (Å²) in [6, 6.07) is 6.33. The molecule has 3 nitrogen and oxygen atoms in total. The summed E-state index contributed by atoms with van der Waals surface area (Å²) >= 11 is 0. The number of rotatable bonds is 3. The largest absolute Gasteiger partial charge is 0.469 e. The molecule has 0 fully saturated rings. The molecule has 0 saturated carbocycles. The minimum atomic E-state index is -0.161. The van der Waals surface area contributed by atoms with Crippen molar-refractivity contribution in [2.45, 2.75) is 26.7 Å². The maximum Gasteiger partial charge on any atom is 0.305 e. The van der Waals surface area contributed by atoms with E-state index in [0.29, 0.717) is 6.42 Å². The van der Waals surface area contributed by atoms with E-state index in [9.17, 15) is 4.79 Å². The molecule has 17 heavy (non-hydrogen) atoms. The molecular formula is C14H17NO2. The highest BCUT2D eigenvalue weighted by Gasteiger charge is 2.10. The van der Waals surface area contributed by atoms with Crippen LogP contribution in [0.2, 0.25) is 0 Å². The maximum absolute atomic E-state index is 11.2. The molecule has 1 aromatic heterocycles. The third-order valence-electron chi connectivity index (χ3n) is 3.08. The molecule has 1 N–H and O–H groups in total. The van der Waals surface area contributed by atoms with Gasteiger partial charge in [0.15, 0.2) is 0 Å². The van der Waals surface area contributed by atoms with Gasteiger partial charge in [-0.25, -0.2) is 0 Å². The van der Waals surface area contributed by atoms with Crippen molar-refractivity contribution in [2.75, 3.05) is 7.11 Å². The molecule has 0 aliphatic carbocycles. The molecule has 0 bridgehead atoms. The molecule has 1 aromatic carbocycles. The number of fused-ring (bicyclic) bond motifs is 1. The van der Waals surface area contributed by atoms with Gasteiger partial charge in [0.05, 0.1) is 7.11 Å². The van der Waals surface area contributed by atoms with Gasteiger partial charge in [-0.15, -0.1) is 0 Å². The fourth-order valence-electron chi connectivity index (χ4n) is 2.15. The van der Waals surface area contributed by atoms with E-state index in [2.05, 4.69) is 34.8 Å². The highest BCUT2D eigenvalue weighted by Crippen LogP contribution is 2.24. The molecule has 90 valence electrons. The SMILES string of the molecule is COC(=O)CCc1c(C)[nH]c2ccc(C)cc12. The van der Waals surface area contributed by atoms with E-state index < -0.39 is 0 Å². The summed E-state index contributed by atoms with van der Waals surface area (Å²) in [6.45, 7) is 4.12. The number of ether oxygens (including phenoxy) is 1. The molecule has 0 amide bonds. The molecule has 2 rings (SSSR count).